The Labute approximate surface area is 174 Å². The number of rotatable bonds is 5. The summed E-state index contributed by atoms with van der Waals surface area (Å²) in [6, 6.07) is 5.45. The van der Waals surface area contributed by atoms with Crippen molar-refractivity contribution in [2.45, 2.75) is 50.7 Å². The van der Waals surface area contributed by atoms with E-state index in [0.717, 1.165) is 25.7 Å². The van der Waals surface area contributed by atoms with Crippen LogP contribution in [0.5, 0.6) is 5.75 Å². The van der Waals surface area contributed by atoms with Crippen LogP contribution < -0.4 is 10.1 Å². The van der Waals surface area contributed by atoms with E-state index < -0.39 is 0 Å². The zero-order chi connectivity index (χ0) is 20.2. The van der Waals surface area contributed by atoms with Gasteiger partial charge in [-0.15, -0.1) is 0 Å². The number of piperidine rings is 1. The average Bonchev–Trinajstić information content (AvgIpc) is 3.44. The molecule has 1 aromatic heterocycles. The molecular weight excluding hydrogens is 392 g/mol. The van der Waals surface area contributed by atoms with Gasteiger partial charge in [0, 0.05) is 37.5 Å². The Kier molecular flexibility index (Phi) is 6.04. The van der Waals surface area contributed by atoms with Crippen LogP contribution in [-0.4, -0.2) is 51.9 Å². The summed E-state index contributed by atoms with van der Waals surface area (Å²) in [6.45, 7) is 1.23. The summed E-state index contributed by atoms with van der Waals surface area (Å²) in [4.78, 5) is 33.3. The molecule has 1 aromatic carbocycles. The molecule has 2 amide bonds. The molecule has 1 aliphatic carbocycles. The van der Waals surface area contributed by atoms with E-state index in [9.17, 15) is 9.59 Å². The highest BCUT2D eigenvalue weighted by Gasteiger charge is 2.26. The number of benzene rings is 1. The van der Waals surface area contributed by atoms with Gasteiger partial charge in [-0.3, -0.25) is 9.59 Å². The topological polar surface area (TPSA) is 87.3 Å². The molecule has 29 heavy (non-hydrogen) atoms. The number of aromatic amines is 1. The van der Waals surface area contributed by atoms with E-state index in [2.05, 4.69) is 15.3 Å². The van der Waals surface area contributed by atoms with Gasteiger partial charge in [0.25, 0.3) is 11.8 Å². The van der Waals surface area contributed by atoms with Gasteiger partial charge in [-0.2, -0.15) is 0 Å². The fraction of sp³-hybridized carbons (Fsp3) is 0.476. The highest BCUT2D eigenvalue weighted by Crippen LogP contribution is 2.29. The molecule has 2 heterocycles. The molecule has 4 rings (SSSR count). The molecule has 2 aliphatic rings. The number of ether oxygens (including phenoxy) is 1. The van der Waals surface area contributed by atoms with Crippen LogP contribution in [0.4, 0.5) is 0 Å². The maximum Gasteiger partial charge on any atom is 0.271 e. The zero-order valence-electron chi connectivity index (χ0n) is 16.2. The number of imidazole rings is 1. The van der Waals surface area contributed by atoms with Crippen LogP contribution in [0.1, 0.15) is 59.4 Å². The van der Waals surface area contributed by atoms with Crippen molar-refractivity contribution in [3.05, 3.63) is 47.0 Å². The minimum atomic E-state index is -0.0871. The van der Waals surface area contributed by atoms with Gasteiger partial charge in [0.2, 0.25) is 0 Å². The fourth-order valence-electron chi connectivity index (χ4n) is 3.98. The van der Waals surface area contributed by atoms with Gasteiger partial charge in [-0.25, -0.2) is 4.98 Å². The summed E-state index contributed by atoms with van der Waals surface area (Å²) in [6.07, 6.45) is 8.90. The first-order valence-electron chi connectivity index (χ1n) is 10.1. The van der Waals surface area contributed by atoms with E-state index in [1.165, 1.54) is 25.4 Å². The number of hydrogen-bond acceptors (Lipinski definition) is 4. The molecule has 2 N–H and O–H groups in total. The lowest BCUT2D eigenvalue weighted by Gasteiger charge is -2.32. The molecule has 1 aliphatic heterocycles. The molecule has 7 nitrogen and oxygen atoms in total. The number of H-pyrrole nitrogens is 1. The minimum Gasteiger partial charge on any atom is -0.489 e. The third-order valence-corrected chi connectivity index (χ3v) is 5.93. The summed E-state index contributed by atoms with van der Waals surface area (Å²) in [7, 11) is 0. The SMILES string of the molecule is O=C(NC1CCCC1)c1ccc(OC2CCN(C(=O)c3cnc[nH]3)CC2)c(Cl)c1. The number of hydrogen-bond donors (Lipinski definition) is 2. The van der Waals surface area contributed by atoms with E-state index in [0.29, 0.717) is 35.1 Å². The molecule has 0 unspecified atom stereocenters. The fourth-order valence-corrected chi connectivity index (χ4v) is 4.20. The Balaban J connectivity index is 1.30. The van der Waals surface area contributed by atoms with Crippen LogP contribution in [0.3, 0.4) is 0 Å². The first-order valence-corrected chi connectivity index (χ1v) is 10.5. The number of likely N-dealkylation sites (tertiary alicyclic amines) is 1. The molecule has 1 saturated carbocycles. The third kappa shape index (κ3) is 4.72. The first kappa shape index (κ1) is 19.8. The second-order valence-corrected chi connectivity index (χ2v) is 8.08. The van der Waals surface area contributed by atoms with Crippen LogP contribution in [0.2, 0.25) is 5.02 Å². The minimum absolute atomic E-state index is 0.0171. The van der Waals surface area contributed by atoms with Gasteiger partial charge in [0.15, 0.2) is 0 Å². The Morgan fingerprint density at radius 1 is 1.17 bits per heavy atom. The second-order valence-electron chi connectivity index (χ2n) is 7.67. The Morgan fingerprint density at radius 3 is 2.59 bits per heavy atom. The summed E-state index contributed by atoms with van der Waals surface area (Å²) >= 11 is 6.38. The predicted octanol–water partition coefficient (Wildman–Crippen LogP) is 3.42. The normalized spacial score (nSPS) is 18.0. The van der Waals surface area contributed by atoms with Crippen molar-refractivity contribution in [2.75, 3.05) is 13.1 Å². The van der Waals surface area contributed by atoms with Crippen molar-refractivity contribution in [2.24, 2.45) is 0 Å². The summed E-state index contributed by atoms with van der Waals surface area (Å²) in [5, 5.41) is 3.50. The van der Waals surface area contributed by atoms with E-state index in [-0.39, 0.29) is 24.0 Å². The largest absolute Gasteiger partial charge is 0.489 e. The molecule has 2 aromatic rings. The maximum absolute atomic E-state index is 12.4. The van der Waals surface area contributed by atoms with Gasteiger partial charge in [0.1, 0.15) is 17.5 Å². The standard InChI is InChI=1S/C21H25ClN4O3/c22-17-11-14(20(27)25-15-3-1-2-4-15)5-6-19(17)29-16-7-9-26(10-8-16)21(28)18-12-23-13-24-18/h5-6,11-13,15-16H,1-4,7-10H2,(H,23,24)(H,25,27). The number of halogens is 1. The van der Waals surface area contributed by atoms with Gasteiger partial charge >= 0.3 is 0 Å². The van der Waals surface area contributed by atoms with Crippen molar-refractivity contribution < 1.29 is 14.3 Å². The van der Waals surface area contributed by atoms with Crippen molar-refractivity contribution >= 4 is 23.4 Å². The molecule has 8 heteroatoms. The molecule has 0 bridgehead atoms. The number of carbonyl (C=O) groups is 2. The lowest BCUT2D eigenvalue weighted by molar-refractivity contribution is 0.0591. The number of nitrogens with zero attached hydrogens (tertiary/aromatic N) is 2. The summed E-state index contributed by atoms with van der Waals surface area (Å²) in [5.41, 5.74) is 1.05. The highest BCUT2D eigenvalue weighted by molar-refractivity contribution is 6.32. The van der Waals surface area contributed by atoms with Gasteiger partial charge in [0.05, 0.1) is 17.5 Å². The zero-order valence-corrected chi connectivity index (χ0v) is 17.0. The van der Waals surface area contributed by atoms with E-state index in [1.807, 2.05) is 0 Å². The quantitative estimate of drug-likeness (QED) is 0.781. The maximum atomic E-state index is 12.4. The number of carbonyl (C=O) groups excluding carboxylic acids is 2. The van der Waals surface area contributed by atoms with Crippen molar-refractivity contribution in [1.82, 2.24) is 20.2 Å². The van der Waals surface area contributed by atoms with Crippen LogP contribution in [-0.2, 0) is 0 Å². The Hall–Kier alpha value is -2.54. The lowest BCUT2D eigenvalue weighted by Crippen LogP contribution is -2.41. The number of amides is 2. The molecule has 0 spiro atoms. The van der Waals surface area contributed by atoms with Crippen molar-refractivity contribution in [3.8, 4) is 5.75 Å². The first-order chi connectivity index (χ1) is 14.1. The van der Waals surface area contributed by atoms with E-state index in [4.69, 9.17) is 16.3 Å². The van der Waals surface area contributed by atoms with Gasteiger partial charge in [-0.1, -0.05) is 24.4 Å². The van der Waals surface area contributed by atoms with Crippen molar-refractivity contribution in [1.29, 1.82) is 0 Å². The highest BCUT2D eigenvalue weighted by atomic mass is 35.5. The van der Waals surface area contributed by atoms with Crippen LogP contribution in [0, 0.1) is 0 Å². The van der Waals surface area contributed by atoms with E-state index in [1.54, 1.807) is 23.1 Å². The molecule has 154 valence electrons. The molecule has 0 radical (unpaired) electrons. The molecule has 2 fully saturated rings. The van der Waals surface area contributed by atoms with Gasteiger partial charge in [-0.05, 0) is 31.0 Å². The summed E-state index contributed by atoms with van der Waals surface area (Å²) < 4.78 is 6.05. The second kappa shape index (κ2) is 8.86. The molecule has 0 atom stereocenters. The van der Waals surface area contributed by atoms with E-state index >= 15 is 0 Å². The van der Waals surface area contributed by atoms with Crippen LogP contribution in [0.25, 0.3) is 0 Å². The number of nitrogens with one attached hydrogen (secondary N) is 2. The number of aromatic nitrogens is 2. The Bertz CT molecular complexity index is 857. The van der Waals surface area contributed by atoms with Gasteiger partial charge < -0.3 is 19.9 Å². The van der Waals surface area contributed by atoms with Crippen LogP contribution >= 0.6 is 11.6 Å². The molecular formula is C21H25ClN4O3. The van der Waals surface area contributed by atoms with Crippen molar-refractivity contribution in [3.63, 3.8) is 0 Å². The van der Waals surface area contributed by atoms with Crippen LogP contribution in [0.15, 0.2) is 30.7 Å². The monoisotopic (exact) mass is 416 g/mol. The lowest BCUT2D eigenvalue weighted by atomic mass is 10.1. The molecule has 1 saturated heterocycles. The Morgan fingerprint density at radius 2 is 1.93 bits per heavy atom. The smallest absolute Gasteiger partial charge is 0.271 e. The average molecular weight is 417 g/mol. The third-order valence-electron chi connectivity index (χ3n) is 5.64. The summed E-state index contributed by atoms with van der Waals surface area (Å²) in [5.74, 6) is 0.440. The predicted molar refractivity (Wildman–Crippen MR) is 109 cm³/mol.